The quantitative estimate of drug-likeness (QED) is 0.728. The van der Waals surface area contributed by atoms with Crippen LogP contribution in [0.3, 0.4) is 0 Å². The summed E-state index contributed by atoms with van der Waals surface area (Å²) in [5.74, 6) is 0.332. The van der Waals surface area contributed by atoms with Gasteiger partial charge in [-0.15, -0.1) is 0 Å². The van der Waals surface area contributed by atoms with E-state index in [9.17, 15) is 9.18 Å². The molecule has 0 radical (unpaired) electrons. The van der Waals surface area contributed by atoms with E-state index < -0.39 is 0 Å². The zero-order chi connectivity index (χ0) is 19.9. The molecule has 1 aromatic heterocycles. The van der Waals surface area contributed by atoms with Gasteiger partial charge in [0.05, 0.1) is 6.54 Å². The van der Waals surface area contributed by atoms with Crippen molar-refractivity contribution in [2.75, 3.05) is 32.7 Å². The lowest BCUT2D eigenvalue weighted by atomic mass is 9.94. The number of aromatic nitrogens is 1. The molecule has 1 aliphatic heterocycles. The van der Waals surface area contributed by atoms with E-state index in [0.717, 1.165) is 56.0 Å². The lowest BCUT2D eigenvalue weighted by molar-refractivity contribution is -0.132. The van der Waals surface area contributed by atoms with Crippen molar-refractivity contribution in [2.24, 2.45) is 0 Å². The highest BCUT2D eigenvalue weighted by Gasteiger charge is 2.25. The van der Waals surface area contributed by atoms with Crippen LogP contribution in [0.2, 0.25) is 0 Å². The van der Waals surface area contributed by atoms with E-state index in [1.54, 1.807) is 12.1 Å². The van der Waals surface area contributed by atoms with Crippen LogP contribution in [0.1, 0.15) is 49.6 Å². The van der Waals surface area contributed by atoms with Gasteiger partial charge in [0.15, 0.2) is 0 Å². The highest BCUT2D eigenvalue weighted by atomic mass is 19.1. The van der Waals surface area contributed by atoms with E-state index >= 15 is 0 Å². The molecule has 28 heavy (non-hydrogen) atoms. The number of amides is 1. The van der Waals surface area contributed by atoms with Crippen LogP contribution in [-0.2, 0) is 11.2 Å². The maximum Gasteiger partial charge on any atom is 0.236 e. The molecule has 1 aromatic carbocycles. The summed E-state index contributed by atoms with van der Waals surface area (Å²) < 4.78 is 13.4. The van der Waals surface area contributed by atoms with Gasteiger partial charge in [0.1, 0.15) is 5.82 Å². The van der Waals surface area contributed by atoms with Crippen LogP contribution >= 0.6 is 0 Å². The van der Waals surface area contributed by atoms with Crippen molar-refractivity contribution in [3.63, 3.8) is 0 Å². The standard InChI is InChI=1S/C23H30FN3O/c1-3-27(4-2)23(28)17-26-13-7-9-19(16-26)22-12-6-11-21(25-22)15-18-8-5-10-20(24)14-18/h5-6,8,10-12,14,19H,3-4,7,9,13,15-17H2,1-2H3/t19-/m0/s1. The van der Waals surface area contributed by atoms with E-state index in [0.29, 0.717) is 18.9 Å². The summed E-state index contributed by atoms with van der Waals surface area (Å²) in [4.78, 5) is 21.4. The van der Waals surface area contributed by atoms with Gasteiger partial charge < -0.3 is 4.90 Å². The van der Waals surface area contributed by atoms with Gasteiger partial charge in [0.25, 0.3) is 0 Å². The number of likely N-dealkylation sites (tertiary alicyclic amines) is 1. The van der Waals surface area contributed by atoms with Gasteiger partial charge in [-0.25, -0.2) is 4.39 Å². The van der Waals surface area contributed by atoms with E-state index in [4.69, 9.17) is 4.98 Å². The Balaban J connectivity index is 1.65. The smallest absolute Gasteiger partial charge is 0.236 e. The fourth-order valence-electron chi connectivity index (χ4n) is 3.99. The number of nitrogens with zero attached hydrogens (tertiary/aromatic N) is 3. The number of carbonyl (C=O) groups is 1. The zero-order valence-electron chi connectivity index (χ0n) is 16.9. The van der Waals surface area contributed by atoms with Crippen LogP contribution < -0.4 is 0 Å². The summed E-state index contributed by atoms with van der Waals surface area (Å²) >= 11 is 0. The van der Waals surface area contributed by atoms with E-state index in [2.05, 4.69) is 11.0 Å². The van der Waals surface area contributed by atoms with Crippen molar-refractivity contribution in [1.29, 1.82) is 0 Å². The molecule has 1 aliphatic rings. The first kappa shape index (κ1) is 20.5. The number of halogens is 1. The second-order valence-electron chi connectivity index (χ2n) is 7.50. The second kappa shape index (κ2) is 9.78. The minimum absolute atomic E-state index is 0.207. The third kappa shape index (κ3) is 5.38. The predicted molar refractivity (Wildman–Crippen MR) is 110 cm³/mol. The van der Waals surface area contributed by atoms with Crippen molar-refractivity contribution in [1.82, 2.24) is 14.8 Å². The minimum Gasteiger partial charge on any atom is -0.342 e. The van der Waals surface area contributed by atoms with Gasteiger partial charge in [-0.3, -0.25) is 14.7 Å². The normalized spacial score (nSPS) is 17.5. The molecular weight excluding hydrogens is 353 g/mol. The van der Waals surface area contributed by atoms with Crippen molar-refractivity contribution < 1.29 is 9.18 Å². The SMILES string of the molecule is CCN(CC)C(=O)CN1CCC[C@H](c2cccc(Cc3cccc(F)c3)n2)C1. The average Bonchev–Trinajstić information content (AvgIpc) is 2.69. The first-order valence-corrected chi connectivity index (χ1v) is 10.3. The van der Waals surface area contributed by atoms with Crippen LogP contribution in [0.4, 0.5) is 4.39 Å². The number of carbonyl (C=O) groups excluding carboxylic acids is 1. The molecule has 0 aliphatic carbocycles. The van der Waals surface area contributed by atoms with Crippen LogP contribution in [0.25, 0.3) is 0 Å². The number of likely N-dealkylation sites (N-methyl/N-ethyl adjacent to an activating group) is 1. The molecule has 1 amide bonds. The first-order valence-electron chi connectivity index (χ1n) is 10.3. The van der Waals surface area contributed by atoms with Crippen LogP contribution in [0, 0.1) is 5.82 Å². The molecule has 0 saturated carbocycles. The largest absolute Gasteiger partial charge is 0.342 e. The van der Waals surface area contributed by atoms with E-state index in [1.165, 1.54) is 6.07 Å². The Bertz CT molecular complexity index is 791. The maximum absolute atomic E-state index is 13.4. The van der Waals surface area contributed by atoms with Crippen LogP contribution in [0.5, 0.6) is 0 Å². The monoisotopic (exact) mass is 383 g/mol. The fourth-order valence-corrected chi connectivity index (χ4v) is 3.99. The van der Waals surface area contributed by atoms with Gasteiger partial charge in [-0.1, -0.05) is 18.2 Å². The fraction of sp³-hybridized carbons (Fsp3) is 0.478. The number of rotatable bonds is 7. The van der Waals surface area contributed by atoms with Crippen molar-refractivity contribution in [2.45, 2.75) is 39.0 Å². The first-order chi connectivity index (χ1) is 13.6. The summed E-state index contributed by atoms with van der Waals surface area (Å²) in [6.07, 6.45) is 2.79. The van der Waals surface area contributed by atoms with Crippen molar-refractivity contribution in [3.8, 4) is 0 Å². The lowest BCUT2D eigenvalue weighted by Crippen LogP contribution is -2.43. The number of hydrogen-bond donors (Lipinski definition) is 0. The maximum atomic E-state index is 13.4. The van der Waals surface area contributed by atoms with Gasteiger partial charge in [-0.05, 0) is 63.1 Å². The highest BCUT2D eigenvalue weighted by Crippen LogP contribution is 2.26. The molecule has 2 aromatic rings. The Labute approximate surface area is 167 Å². The Kier molecular flexibility index (Phi) is 7.15. The second-order valence-corrected chi connectivity index (χ2v) is 7.50. The minimum atomic E-state index is -0.213. The topological polar surface area (TPSA) is 36.4 Å². The Morgan fingerprint density at radius 1 is 1.21 bits per heavy atom. The van der Waals surface area contributed by atoms with Crippen molar-refractivity contribution in [3.05, 3.63) is 65.2 Å². The molecule has 2 heterocycles. The van der Waals surface area contributed by atoms with E-state index in [-0.39, 0.29) is 11.7 Å². The van der Waals surface area contributed by atoms with Crippen LogP contribution in [0.15, 0.2) is 42.5 Å². The van der Waals surface area contributed by atoms with Gasteiger partial charge in [-0.2, -0.15) is 0 Å². The number of pyridine rings is 1. The number of hydrogen-bond acceptors (Lipinski definition) is 3. The van der Waals surface area contributed by atoms with Crippen molar-refractivity contribution >= 4 is 5.91 Å². The molecule has 0 unspecified atom stereocenters. The molecule has 0 bridgehead atoms. The van der Waals surface area contributed by atoms with Crippen LogP contribution in [-0.4, -0.2) is 53.4 Å². The highest BCUT2D eigenvalue weighted by molar-refractivity contribution is 5.78. The molecular formula is C23H30FN3O. The Morgan fingerprint density at radius 3 is 2.75 bits per heavy atom. The number of piperidine rings is 1. The third-order valence-electron chi connectivity index (χ3n) is 5.50. The van der Waals surface area contributed by atoms with Gasteiger partial charge >= 0.3 is 0 Å². The summed E-state index contributed by atoms with van der Waals surface area (Å²) in [5.41, 5.74) is 2.97. The summed E-state index contributed by atoms with van der Waals surface area (Å²) in [6, 6.07) is 12.8. The Hall–Kier alpha value is -2.27. The summed E-state index contributed by atoms with van der Waals surface area (Å²) in [6.45, 7) is 7.88. The third-order valence-corrected chi connectivity index (χ3v) is 5.50. The molecule has 5 heteroatoms. The average molecular weight is 384 g/mol. The predicted octanol–water partition coefficient (Wildman–Crippen LogP) is 3.86. The number of benzene rings is 1. The molecule has 1 fully saturated rings. The molecule has 1 saturated heterocycles. The molecule has 0 N–H and O–H groups in total. The molecule has 150 valence electrons. The van der Waals surface area contributed by atoms with E-state index in [1.807, 2.05) is 36.9 Å². The lowest BCUT2D eigenvalue weighted by Gasteiger charge is -2.33. The summed E-state index contributed by atoms with van der Waals surface area (Å²) in [5, 5.41) is 0. The van der Waals surface area contributed by atoms with Gasteiger partial charge in [0.2, 0.25) is 5.91 Å². The molecule has 3 rings (SSSR count). The Morgan fingerprint density at radius 2 is 2.00 bits per heavy atom. The summed E-state index contributed by atoms with van der Waals surface area (Å²) in [7, 11) is 0. The molecule has 0 spiro atoms. The molecule has 1 atom stereocenters. The zero-order valence-corrected chi connectivity index (χ0v) is 16.9. The van der Waals surface area contributed by atoms with Gasteiger partial charge in [0, 0.05) is 43.4 Å². The molecule has 4 nitrogen and oxygen atoms in total.